The fraction of sp³-hybridized carbons (Fsp3) is 0.286. The molecule has 3 N–H and O–H groups in total. The number of oxime groups is 2. The lowest BCUT2D eigenvalue weighted by atomic mass is 10.00. The van der Waals surface area contributed by atoms with Gasteiger partial charge >= 0.3 is 0 Å². The van der Waals surface area contributed by atoms with E-state index in [0.717, 1.165) is 0 Å². The fourth-order valence-electron chi connectivity index (χ4n) is 2.25. The molecule has 0 atom stereocenters. The summed E-state index contributed by atoms with van der Waals surface area (Å²) in [4.78, 5) is 0. The quantitative estimate of drug-likeness (QED) is 0.444. The Kier molecular flexibility index (Phi) is 4.40. The zero-order chi connectivity index (χ0) is 16.3. The summed E-state index contributed by atoms with van der Waals surface area (Å²) in [6.45, 7) is 1.54. The van der Waals surface area contributed by atoms with E-state index >= 15 is 0 Å². The Balaban J connectivity index is 2.78. The van der Waals surface area contributed by atoms with Crippen molar-refractivity contribution in [3.05, 3.63) is 17.9 Å². The molecular formula is C14H16N2O6. The van der Waals surface area contributed by atoms with E-state index in [1.165, 1.54) is 20.5 Å². The number of methoxy groups -OCH3 is 2. The van der Waals surface area contributed by atoms with Gasteiger partial charge in [-0.1, -0.05) is 10.3 Å². The molecule has 2 rings (SSSR count). The first-order chi connectivity index (χ1) is 10.6. The summed E-state index contributed by atoms with van der Waals surface area (Å²) < 4.78 is 15.8. The van der Waals surface area contributed by atoms with Gasteiger partial charge in [0.25, 0.3) is 0 Å². The van der Waals surface area contributed by atoms with E-state index in [9.17, 15) is 10.3 Å². The molecular weight excluding hydrogens is 292 g/mol. The second-order valence-electron chi connectivity index (χ2n) is 4.51. The van der Waals surface area contributed by atoms with E-state index in [2.05, 4.69) is 10.3 Å². The summed E-state index contributed by atoms with van der Waals surface area (Å²) in [6.07, 6.45) is 1.43. The molecule has 0 aliphatic heterocycles. The van der Waals surface area contributed by atoms with E-state index in [0.29, 0.717) is 16.7 Å². The highest BCUT2D eigenvalue weighted by molar-refractivity contribution is 6.17. The molecule has 0 unspecified atom stereocenters. The van der Waals surface area contributed by atoms with Gasteiger partial charge in [0, 0.05) is 6.42 Å². The zero-order valence-electron chi connectivity index (χ0n) is 12.3. The van der Waals surface area contributed by atoms with Gasteiger partial charge in [-0.2, -0.15) is 0 Å². The molecule has 0 radical (unpaired) electrons. The number of furan rings is 1. The molecule has 8 nitrogen and oxygen atoms in total. The lowest BCUT2D eigenvalue weighted by molar-refractivity contribution is 0.314. The minimum atomic E-state index is -0.291. The number of benzene rings is 1. The van der Waals surface area contributed by atoms with Crippen LogP contribution in [0.25, 0.3) is 11.0 Å². The molecule has 0 aliphatic carbocycles. The van der Waals surface area contributed by atoms with Crippen molar-refractivity contribution < 1.29 is 29.4 Å². The highest BCUT2D eigenvalue weighted by Crippen LogP contribution is 2.46. The van der Waals surface area contributed by atoms with Crippen molar-refractivity contribution in [2.45, 2.75) is 13.3 Å². The minimum Gasteiger partial charge on any atom is -0.504 e. The van der Waals surface area contributed by atoms with Gasteiger partial charge < -0.3 is 29.4 Å². The van der Waals surface area contributed by atoms with Gasteiger partial charge in [-0.25, -0.2) is 0 Å². The molecule has 0 amide bonds. The number of hydrogen-bond acceptors (Lipinski definition) is 8. The van der Waals surface area contributed by atoms with Crippen LogP contribution in [0.1, 0.15) is 18.9 Å². The lowest BCUT2D eigenvalue weighted by Crippen LogP contribution is -2.10. The molecule has 1 aromatic heterocycles. The summed E-state index contributed by atoms with van der Waals surface area (Å²) in [5.74, 6) is 0.0662. The van der Waals surface area contributed by atoms with Crippen LogP contribution in [0.15, 0.2) is 27.1 Å². The van der Waals surface area contributed by atoms with E-state index in [-0.39, 0.29) is 34.9 Å². The van der Waals surface area contributed by atoms with E-state index < -0.39 is 0 Å². The van der Waals surface area contributed by atoms with Crippen molar-refractivity contribution in [3.63, 3.8) is 0 Å². The van der Waals surface area contributed by atoms with E-state index in [4.69, 9.17) is 19.1 Å². The van der Waals surface area contributed by atoms with Gasteiger partial charge in [-0.15, -0.1) is 0 Å². The van der Waals surface area contributed by atoms with Crippen LogP contribution >= 0.6 is 0 Å². The molecule has 22 heavy (non-hydrogen) atoms. The molecule has 1 heterocycles. The Morgan fingerprint density at radius 3 is 2.41 bits per heavy atom. The Hall–Kier alpha value is -2.90. The maximum absolute atomic E-state index is 10.4. The zero-order valence-corrected chi connectivity index (χ0v) is 12.3. The van der Waals surface area contributed by atoms with Gasteiger partial charge in [0.1, 0.15) is 11.5 Å². The van der Waals surface area contributed by atoms with Crippen LogP contribution < -0.4 is 9.47 Å². The van der Waals surface area contributed by atoms with Crippen LogP contribution in [0.5, 0.6) is 17.2 Å². The number of nitrogens with zero attached hydrogens (tertiary/aromatic N) is 2. The summed E-state index contributed by atoms with van der Waals surface area (Å²) in [6, 6.07) is 1.64. The van der Waals surface area contributed by atoms with Gasteiger partial charge in [-0.05, 0) is 13.0 Å². The van der Waals surface area contributed by atoms with Crippen LogP contribution in [0, 0.1) is 0 Å². The van der Waals surface area contributed by atoms with Crippen molar-refractivity contribution in [3.8, 4) is 17.2 Å². The third kappa shape index (κ3) is 2.39. The fourth-order valence-corrected chi connectivity index (χ4v) is 2.25. The maximum Gasteiger partial charge on any atom is 0.205 e. The molecule has 0 bridgehead atoms. The molecule has 8 heteroatoms. The van der Waals surface area contributed by atoms with Gasteiger partial charge in [-0.3, -0.25) is 0 Å². The monoisotopic (exact) mass is 308 g/mol. The minimum absolute atomic E-state index is 0.00341. The summed E-state index contributed by atoms with van der Waals surface area (Å²) >= 11 is 0. The van der Waals surface area contributed by atoms with Crippen molar-refractivity contribution in [1.82, 2.24) is 0 Å². The van der Waals surface area contributed by atoms with Gasteiger partial charge in [0.2, 0.25) is 5.75 Å². The smallest absolute Gasteiger partial charge is 0.205 e. The normalized spacial score (nSPS) is 12.7. The molecule has 0 spiro atoms. The highest BCUT2D eigenvalue weighted by Gasteiger charge is 2.26. The third-order valence-electron chi connectivity index (χ3n) is 3.21. The summed E-state index contributed by atoms with van der Waals surface area (Å²) in [5.41, 5.74) is 0.802. The first kappa shape index (κ1) is 15.5. The van der Waals surface area contributed by atoms with Crippen LogP contribution in [-0.4, -0.2) is 41.2 Å². The Labute approximate surface area is 125 Å². The highest BCUT2D eigenvalue weighted by atomic mass is 16.5. The maximum atomic E-state index is 10.4. The Morgan fingerprint density at radius 2 is 1.86 bits per heavy atom. The molecule has 0 saturated heterocycles. The molecule has 1 aromatic carbocycles. The second-order valence-corrected chi connectivity index (χ2v) is 4.51. The number of rotatable bonds is 5. The predicted molar refractivity (Wildman–Crippen MR) is 78.8 cm³/mol. The lowest BCUT2D eigenvalue weighted by Gasteiger charge is -2.15. The molecule has 0 saturated carbocycles. The van der Waals surface area contributed by atoms with Crippen LogP contribution in [0.2, 0.25) is 0 Å². The van der Waals surface area contributed by atoms with Crippen molar-refractivity contribution in [2.75, 3.05) is 14.2 Å². The van der Waals surface area contributed by atoms with Crippen molar-refractivity contribution >= 4 is 22.4 Å². The van der Waals surface area contributed by atoms with Gasteiger partial charge in [0.05, 0.1) is 37.1 Å². The average molecular weight is 308 g/mol. The molecule has 118 valence electrons. The molecule has 2 aromatic rings. The van der Waals surface area contributed by atoms with Crippen LogP contribution in [0.4, 0.5) is 0 Å². The Bertz CT molecular complexity index is 747. The van der Waals surface area contributed by atoms with Gasteiger partial charge in [0.15, 0.2) is 11.3 Å². The SMILES string of the molecule is COc1c(C(CC(C)=NO)=NO)c(O)c(OC)c2occc12. The Morgan fingerprint density at radius 1 is 1.18 bits per heavy atom. The largest absolute Gasteiger partial charge is 0.504 e. The van der Waals surface area contributed by atoms with Crippen LogP contribution in [0.3, 0.4) is 0 Å². The first-order valence-electron chi connectivity index (χ1n) is 6.31. The topological polar surface area (TPSA) is 117 Å². The standard InChI is InChI=1S/C14H16N2O6/c1-7(15-18)6-9(16-19)10-11(17)14(21-3)13-8(4-5-22-13)12(10)20-2/h4-5,17-19H,6H2,1-3H3. The number of hydrogen-bond donors (Lipinski definition) is 3. The number of aromatic hydroxyl groups is 1. The average Bonchev–Trinajstić information content (AvgIpc) is 3.00. The number of ether oxygens (including phenoxy) is 2. The van der Waals surface area contributed by atoms with Crippen molar-refractivity contribution in [2.24, 2.45) is 10.3 Å². The van der Waals surface area contributed by atoms with E-state index in [1.54, 1.807) is 13.0 Å². The predicted octanol–water partition coefficient (Wildman–Crippen LogP) is 2.57. The number of fused-ring (bicyclic) bond motifs is 1. The third-order valence-corrected chi connectivity index (χ3v) is 3.21. The first-order valence-corrected chi connectivity index (χ1v) is 6.31. The summed E-state index contributed by atoms with van der Waals surface area (Å²) in [7, 11) is 2.79. The van der Waals surface area contributed by atoms with E-state index in [1.807, 2.05) is 0 Å². The molecule has 0 fully saturated rings. The summed E-state index contributed by atoms with van der Waals surface area (Å²) in [5, 5.41) is 35.3. The van der Waals surface area contributed by atoms with Crippen molar-refractivity contribution in [1.29, 1.82) is 0 Å². The molecule has 0 aliphatic rings. The second kappa shape index (κ2) is 6.25. The number of phenolic OH excluding ortho intramolecular Hbond substituents is 1. The number of phenols is 1. The van der Waals surface area contributed by atoms with Crippen LogP contribution in [-0.2, 0) is 0 Å².